The van der Waals surface area contributed by atoms with Gasteiger partial charge < -0.3 is 15.4 Å². The Bertz CT molecular complexity index is 1090. The molecular weight excluding hydrogens is 400 g/mol. The lowest BCUT2D eigenvalue weighted by molar-refractivity contribution is -0.111. The molecule has 2 N–H and O–H groups in total. The summed E-state index contributed by atoms with van der Waals surface area (Å²) in [4.78, 5) is 26.1. The van der Waals surface area contributed by atoms with E-state index in [1.165, 1.54) is 0 Å². The summed E-state index contributed by atoms with van der Waals surface area (Å²) in [5, 5.41) is 5.86. The summed E-state index contributed by atoms with van der Waals surface area (Å²) in [5.41, 5.74) is 3.13. The van der Waals surface area contributed by atoms with Crippen molar-refractivity contribution in [2.75, 3.05) is 18.5 Å². The number of anilines is 1. The fourth-order valence-corrected chi connectivity index (χ4v) is 3.70. The Labute approximate surface area is 188 Å². The highest BCUT2D eigenvalue weighted by Gasteiger charge is 2.19. The number of carbonyl (C=O) groups is 2. The zero-order chi connectivity index (χ0) is 22.2. The summed E-state index contributed by atoms with van der Waals surface area (Å²) in [6, 6.07) is 26.2. The topological polar surface area (TPSA) is 67.4 Å². The Kier molecular flexibility index (Phi) is 7.10. The van der Waals surface area contributed by atoms with E-state index in [1.54, 1.807) is 24.3 Å². The number of carbonyl (C=O) groups excluding carboxylic acids is 2. The molecule has 0 aliphatic carbocycles. The van der Waals surface area contributed by atoms with Gasteiger partial charge in [-0.15, -0.1) is 0 Å². The molecule has 1 aliphatic heterocycles. The van der Waals surface area contributed by atoms with E-state index in [2.05, 4.69) is 10.6 Å². The highest BCUT2D eigenvalue weighted by atomic mass is 16.5. The minimum atomic E-state index is -0.278. The van der Waals surface area contributed by atoms with Crippen molar-refractivity contribution >= 4 is 29.2 Å². The molecule has 0 spiro atoms. The van der Waals surface area contributed by atoms with E-state index in [1.807, 2.05) is 66.7 Å². The van der Waals surface area contributed by atoms with Gasteiger partial charge in [-0.1, -0.05) is 72.8 Å². The smallest absolute Gasteiger partial charge is 0.256 e. The van der Waals surface area contributed by atoms with E-state index >= 15 is 0 Å². The number of benzene rings is 3. The van der Waals surface area contributed by atoms with Crippen LogP contribution in [0.3, 0.4) is 0 Å². The maximum atomic E-state index is 13.3. The molecule has 0 saturated carbocycles. The van der Waals surface area contributed by atoms with Gasteiger partial charge >= 0.3 is 0 Å². The minimum absolute atomic E-state index is 0.0548. The van der Waals surface area contributed by atoms with Gasteiger partial charge in [-0.25, -0.2) is 0 Å². The summed E-state index contributed by atoms with van der Waals surface area (Å²) in [7, 11) is 0. The van der Waals surface area contributed by atoms with Crippen LogP contribution in [0.4, 0.5) is 5.69 Å². The molecule has 0 unspecified atom stereocenters. The lowest BCUT2D eigenvalue weighted by Gasteiger charge is -2.15. The average molecular weight is 427 g/mol. The molecule has 1 saturated heterocycles. The first-order valence-corrected chi connectivity index (χ1v) is 10.8. The van der Waals surface area contributed by atoms with Crippen LogP contribution in [-0.2, 0) is 9.53 Å². The maximum Gasteiger partial charge on any atom is 0.256 e. The van der Waals surface area contributed by atoms with E-state index in [0.29, 0.717) is 23.4 Å². The quantitative estimate of drug-likeness (QED) is 0.422. The molecule has 5 heteroatoms. The van der Waals surface area contributed by atoms with E-state index in [4.69, 9.17) is 4.74 Å². The predicted octanol–water partition coefficient (Wildman–Crippen LogP) is 4.77. The molecule has 2 amide bonds. The second kappa shape index (κ2) is 10.6. The van der Waals surface area contributed by atoms with Crippen molar-refractivity contribution in [2.24, 2.45) is 0 Å². The van der Waals surface area contributed by atoms with Crippen molar-refractivity contribution in [3.63, 3.8) is 0 Å². The van der Waals surface area contributed by atoms with E-state index in [-0.39, 0.29) is 17.9 Å². The molecule has 3 aromatic rings. The molecule has 5 nitrogen and oxygen atoms in total. The monoisotopic (exact) mass is 426 g/mol. The Hall–Kier alpha value is -3.70. The van der Waals surface area contributed by atoms with E-state index < -0.39 is 0 Å². The molecule has 32 heavy (non-hydrogen) atoms. The van der Waals surface area contributed by atoms with Gasteiger partial charge in [-0.3, -0.25) is 9.59 Å². The van der Waals surface area contributed by atoms with Crippen molar-refractivity contribution < 1.29 is 14.3 Å². The Morgan fingerprint density at radius 3 is 2.31 bits per heavy atom. The van der Waals surface area contributed by atoms with Crippen molar-refractivity contribution in [3.05, 3.63) is 102 Å². The molecule has 1 heterocycles. The number of hydrogen-bond donors (Lipinski definition) is 2. The van der Waals surface area contributed by atoms with Crippen molar-refractivity contribution in [3.8, 4) is 0 Å². The number of amides is 2. The first-order chi connectivity index (χ1) is 15.7. The first-order valence-electron chi connectivity index (χ1n) is 10.8. The van der Waals surface area contributed by atoms with Gasteiger partial charge in [0.05, 0.1) is 17.4 Å². The fourth-order valence-electron chi connectivity index (χ4n) is 3.70. The van der Waals surface area contributed by atoms with Crippen molar-refractivity contribution in [2.45, 2.75) is 18.9 Å². The Balaban J connectivity index is 1.56. The maximum absolute atomic E-state index is 13.3. The SMILES string of the molecule is O=C(Nc1ccccc1C(=O)NC[C@H]1CCCO1)/C(=C/c1ccccc1)c1ccccc1. The van der Waals surface area contributed by atoms with Gasteiger partial charge in [0.1, 0.15) is 0 Å². The third-order valence-corrected chi connectivity index (χ3v) is 5.37. The van der Waals surface area contributed by atoms with Crippen LogP contribution in [0.5, 0.6) is 0 Å². The van der Waals surface area contributed by atoms with Crippen LogP contribution in [0.2, 0.25) is 0 Å². The van der Waals surface area contributed by atoms with Gasteiger partial charge in [-0.05, 0) is 42.2 Å². The predicted molar refractivity (Wildman–Crippen MR) is 127 cm³/mol. The highest BCUT2D eigenvalue weighted by Crippen LogP contribution is 2.22. The van der Waals surface area contributed by atoms with Crippen LogP contribution < -0.4 is 10.6 Å². The summed E-state index contributed by atoms with van der Waals surface area (Å²) in [6.45, 7) is 1.20. The highest BCUT2D eigenvalue weighted by molar-refractivity contribution is 6.29. The molecule has 1 aliphatic rings. The number of hydrogen-bond acceptors (Lipinski definition) is 3. The third-order valence-electron chi connectivity index (χ3n) is 5.37. The van der Waals surface area contributed by atoms with Crippen LogP contribution in [0.1, 0.15) is 34.3 Å². The van der Waals surface area contributed by atoms with Gasteiger partial charge in [0.15, 0.2) is 0 Å². The molecule has 3 aromatic carbocycles. The molecule has 1 fully saturated rings. The first kappa shape index (κ1) is 21.5. The summed E-state index contributed by atoms with van der Waals surface area (Å²) >= 11 is 0. The van der Waals surface area contributed by atoms with Crippen LogP contribution in [-0.4, -0.2) is 31.1 Å². The molecule has 0 radical (unpaired) electrons. The Morgan fingerprint density at radius 1 is 0.906 bits per heavy atom. The molecule has 4 rings (SSSR count). The second-order valence-corrected chi connectivity index (χ2v) is 7.68. The molecule has 0 aromatic heterocycles. The lowest BCUT2D eigenvalue weighted by Crippen LogP contribution is -2.32. The summed E-state index contributed by atoms with van der Waals surface area (Å²) in [5.74, 6) is -0.510. The van der Waals surface area contributed by atoms with Crippen molar-refractivity contribution in [1.29, 1.82) is 0 Å². The normalized spacial score (nSPS) is 15.9. The largest absolute Gasteiger partial charge is 0.376 e. The zero-order valence-electron chi connectivity index (χ0n) is 17.8. The summed E-state index contributed by atoms with van der Waals surface area (Å²) < 4.78 is 5.58. The number of para-hydroxylation sites is 1. The number of rotatable bonds is 7. The third kappa shape index (κ3) is 5.50. The fraction of sp³-hybridized carbons (Fsp3) is 0.185. The molecular formula is C27H26N2O3. The molecule has 0 bridgehead atoms. The van der Waals surface area contributed by atoms with Gasteiger partial charge in [0.2, 0.25) is 0 Å². The molecule has 162 valence electrons. The average Bonchev–Trinajstić information content (AvgIpc) is 3.36. The minimum Gasteiger partial charge on any atom is -0.376 e. The zero-order valence-corrected chi connectivity index (χ0v) is 17.8. The van der Waals surface area contributed by atoms with Gasteiger partial charge in [-0.2, -0.15) is 0 Å². The van der Waals surface area contributed by atoms with Gasteiger partial charge in [0.25, 0.3) is 11.8 Å². The molecule has 1 atom stereocenters. The van der Waals surface area contributed by atoms with Crippen LogP contribution in [0, 0.1) is 0 Å². The lowest BCUT2D eigenvalue weighted by atomic mass is 10.0. The van der Waals surface area contributed by atoms with Crippen LogP contribution in [0.25, 0.3) is 11.6 Å². The standard InChI is InChI=1S/C27H26N2O3/c30-26(28-19-22-14-9-17-32-22)23-15-7-8-16-25(23)29-27(31)24(21-12-5-2-6-13-21)18-20-10-3-1-4-11-20/h1-8,10-13,15-16,18,22H,9,14,17,19H2,(H,28,30)(H,29,31)/b24-18+/t22-/m1/s1. The number of nitrogens with one attached hydrogen (secondary N) is 2. The van der Waals surface area contributed by atoms with E-state index in [9.17, 15) is 9.59 Å². The number of ether oxygens (including phenoxy) is 1. The van der Waals surface area contributed by atoms with Gasteiger partial charge in [0, 0.05) is 18.7 Å². The van der Waals surface area contributed by atoms with Crippen LogP contribution >= 0.6 is 0 Å². The van der Waals surface area contributed by atoms with Crippen LogP contribution in [0.15, 0.2) is 84.9 Å². The summed E-state index contributed by atoms with van der Waals surface area (Å²) in [6.07, 6.45) is 3.87. The van der Waals surface area contributed by atoms with Crippen molar-refractivity contribution in [1.82, 2.24) is 5.32 Å². The second-order valence-electron chi connectivity index (χ2n) is 7.68. The Morgan fingerprint density at radius 2 is 1.59 bits per heavy atom. The van der Waals surface area contributed by atoms with E-state index in [0.717, 1.165) is 30.6 Å².